The number of hydrogen-bond donors (Lipinski definition) is 0. The van der Waals surface area contributed by atoms with Gasteiger partial charge in [-0.1, -0.05) is 13.8 Å². The first kappa shape index (κ1) is 13.4. The summed E-state index contributed by atoms with van der Waals surface area (Å²) in [5.41, 5.74) is -0.0264. The van der Waals surface area contributed by atoms with E-state index >= 15 is 0 Å². The van der Waals surface area contributed by atoms with Gasteiger partial charge in [0.05, 0.1) is 13.0 Å². The number of hydrogen-bond acceptors (Lipinski definition) is 3. The third-order valence-corrected chi connectivity index (χ3v) is 2.06. The largest absolute Gasteiger partial charge is 0.466 e. The molecule has 0 fully saturated rings. The first-order valence-corrected chi connectivity index (χ1v) is 5.25. The summed E-state index contributed by atoms with van der Waals surface area (Å²) in [4.78, 5) is 11.2. The minimum absolute atomic E-state index is 0.0264. The maximum Gasteiger partial charge on any atom is 0.306 e. The molecule has 0 spiro atoms. The Morgan fingerprint density at radius 3 is 2.36 bits per heavy atom. The van der Waals surface area contributed by atoms with Crippen molar-refractivity contribution >= 4 is 5.97 Å². The van der Waals surface area contributed by atoms with Crippen molar-refractivity contribution in [3.05, 3.63) is 0 Å². The van der Waals surface area contributed by atoms with Gasteiger partial charge in [-0.15, -0.1) is 0 Å². The van der Waals surface area contributed by atoms with Gasteiger partial charge in [-0.2, -0.15) is 0 Å². The quantitative estimate of drug-likeness (QED) is 0.469. The van der Waals surface area contributed by atoms with Crippen molar-refractivity contribution in [3.8, 4) is 0 Å². The van der Waals surface area contributed by atoms with Gasteiger partial charge in [-0.25, -0.2) is 0 Å². The van der Waals surface area contributed by atoms with Crippen LogP contribution >= 0.6 is 0 Å². The van der Waals surface area contributed by atoms with Crippen molar-refractivity contribution in [3.63, 3.8) is 0 Å². The van der Waals surface area contributed by atoms with Gasteiger partial charge < -0.3 is 9.47 Å². The lowest BCUT2D eigenvalue weighted by molar-refractivity contribution is -0.145. The first-order chi connectivity index (χ1) is 6.52. The van der Waals surface area contributed by atoms with Crippen molar-refractivity contribution in [2.24, 2.45) is 5.41 Å². The van der Waals surface area contributed by atoms with Gasteiger partial charge in [-0.05, 0) is 25.7 Å². The molecule has 0 saturated heterocycles. The van der Waals surface area contributed by atoms with E-state index in [1.165, 1.54) is 0 Å². The molecule has 0 saturated carbocycles. The summed E-state index contributed by atoms with van der Waals surface area (Å²) in [5, 5.41) is 0. The first-order valence-electron chi connectivity index (χ1n) is 5.25. The number of ether oxygens (including phenoxy) is 2. The zero-order valence-corrected chi connectivity index (χ0v) is 9.76. The lowest BCUT2D eigenvalue weighted by atomic mass is 9.86. The number of carbonyl (C=O) groups excluding carboxylic acids is 1. The van der Waals surface area contributed by atoms with Crippen LogP contribution in [0.2, 0.25) is 0 Å². The Balaban J connectivity index is 3.75. The van der Waals surface area contributed by atoms with Crippen LogP contribution in [-0.4, -0.2) is 25.8 Å². The molecule has 0 aromatic rings. The van der Waals surface area contributed by atoms with Gasteiger partial charge in [0.2, 0.25) is 0 Å². The van der Waals surface area contributed by atoms with Crippen LogP contribution in [-0.2, 0) is 14.3 Å². The van der Waals surface area contributed by atoms with Gasteiger partial charge in [0.25, 0.3) is 0 Å². The molecule has 3 heteroatoms. The van der Waals surface area contributed by atoms with E-state index < -0.39 is 0 Å². The maximum absolute atomic E-state index is 11.2. The SMILES string of the molecule is CCOCCC(C)(C)CC(=O)OCC. The zero-order valence-electron chi connectivity index (χ0n) is 9.76. The standard InChI is InChI=1S/C11H22O3/c1-5-13-8-7-11(3,4)9-10(12)14-6-2/h5-9H2,1-4H3. The molecule has 0 aliphatic rings. The molecule has 0 N–H and O–H groups in total. The summed E-state index contributed by atoms with van der Waals surface area (Å²) in [7, 11) is 0. The highest BCUT2D eigenvalue weighted by atomic mass is 16.5. The smallest absolute Gasteiger partial charge is 0.306 e. The Morgan fingerprint density at radius 1 is 1.21 bits per heavy atom. The molecule has 14 heavy (non-hydrogen) atoms. The van der Waals surface area contributed by atoms with Crippen LogP contribution < -0.4 is 0 Å². The molecule has 0 unspecified atom stereocenters. The van der Waals surface area contributed by atoms with Gasteiger partial charge in [0.15, 0.2) is 0 Å². The summed E-state index contributed by atoms with van der Waals surface area (Å²) in [6.45, 7) is 9.81. The van der Waals surface area contributed by atoms with Crippen LogP contribution in [0.5, 0.6) is 0 Å². The van der Waals surface area contributed by atoms with Crippen molar-refractivity contribution < 1.29 is 14.3 Å². The topological polar surface area (TPSA) is 35.5 Å². The minimum Gasteiger partial charge on any atom is -0.466 e. The van der Waals surface area contributed by atoms with E-state index in [0.29, 0.717) is 19.6 Å². The van der Waals surface area contributed by atoms with E-state index in [-0.39, 0.29) is 11.4 Å². The second-order valence-corrected chi connectivity index (χ2v) is 4.09. The Bertz CT molecular complexity index is 164. The normalized spacial score (nSPS) is 11.4. The van der Waals surface area contributed by atoms with E-state index in [0.717, 1.165) is 13.0 Å². The monoisotopic (exact) mass is 202 g/mol. The Labute approximate surface area is 86.8 Å². The summed E-state index contributed by atoms with van der Waals surface area (Å²) in [6.07, 6.45) is 1.35. The third kappa shape index (κ3) is 6.89. The molecule has 0 aromatic carbocycles. The average molecular weight is 202 g/mol. The van der Waals surface area contributed by atoms with Crippen molar-refractivity contribution in [2.45, 2.75) is 40.5 Å². The summed E-state index contributed by atoms with van der Waals surface area (Å²) < 4.78 is 10.2. The van der Waals surface area contributed by atoms with Crippen molar-refractivity contribution in [1.82, 2.24) is 0 Å². The van der Waals surface area contributed by atoms with E-state index in [1.807, 2.05) is 13.8 Å². The Kier molecular flexibility index (Phi) is 6.54. The van der Waals surface area contributed by atoms with Crippen molar-refractivity contribution in [2.75, 3.05) is 19.8 Å². The van der Waals surface area contributed by atoms with E-state index in [4.69, 9.17) is 9.47 Å². The molecule has 0 aliphatic carbocycles. The molecule has 0 amide bonds. The van der Waals surface area contributed by atoms with Gasteiger partial charge >= 0.3 is 5.97 Å². The molecular weight excluding hydrogens is 180 g/mol. The van der Waals surface area contributed by atoms with Crippen LogP contribution in [0.3, 0.4) is 0 Å². The molecule has 0 bridgehead atoms. The van der Waals surface area contributed by atoms with Gasteiger partial charge in [-0.3, -0.25) is 4.79 Å². The summed E-state index contributed by atoms with van der Waals surface area (Å²) in [5.74, 6) is -0.117. The lowest BCUT2D eigenvalue weighted by Gasteiger charge is -2.22. The van der Waals surface area contributed by atoms with E-state index in [2.05, 4.69) is 13.8 Å². The lowest BCUT2D eigenvalue weighted by Crippen LogP contribution is -2.20. The van der Waals surface area contributed by atoms with E-state index in [1.54, 1.807) is 0 Å². The van der Waals surface area contributed by atoms with Crippen LogP contribution in [0.4, 0.5) is 0 Å². The molecule has 0 aromatic heterocycles. The van der Waals surface area contributed by atoms with Crippen molar-refractivity contribution in [1.29, 1.82) is 0 Å². The number of rotatable bonds is 7. The molecule has 3 nitrogen and oxygen atoms in total. The van der Waals surface area contributed by atoms with Crippen LogP contribution in [0.25, 0.3) is 0 Å². The molecular formula is C11H22O3. The second-order valence-electron chi connectivity index (χ2n) is 4.09. The van der Waals surface area contributed by atoms with Crippen LogP contribution in [0, 0.1) is 5.41 Å². The fourth-order valence-corrected chi connectivity index (χ4v) is 1.18. The highest BCUT2D eigenvalue weighted by Gasteiger charge is 2.22. The number of esters is 1. The highest BCUT2D eigenvalue weighted by Crippen LogP contribution is 2.25. The molecule has 0 heterocycles. The predicted molar refractivity (Wildman–Crippen MR) is 56.1 cm³/mol. The third-order valence-electron chi connectivity index (χ3n) is 2.06. The number of carbonyl (C=O) groups is 1. The zero-order chi connectivity index (χ0) is 11.0. The highest BCUT2D eigenvalue weighted by molar-refractivity contribution is 5.70. The van der Waals surface area contributed by atoms with E-state index in [9.17, 15) is 4.79 Å². The van der Waals surface area contributed by atoms with Crippen LogP contribution in [0.1, 0.15) is 40.5 Å². The Morgan fingerprint density at radius 2 is 1.86 bits per heavy atom. The van der Waals surface area contributed by atoms with Gasteiger partial charge in [0, 0.05) is 13.2 Å². The molecule has 0 radical (unpaired) electrons. The minimum atomic E-state index is -0.117. The Hall–Kier alpha value is -0.570. The second kappa shape index (κ2) is 6.82. The fraction of sp³-hybridized carbons (Fsp3) is 0.909. The summed E-state index contributed by atoms with van der Waals surface area (Å²) >= 11 is 0. The van der Waals surface area contributed by atoms with Crippen LogP contribution in [0.15, 0.2) is 0 Å². The average Bonchev–Trinajstić information content (AvgIpc) is 2.03. The molecule has 0 rings (SSSR count). The molecule has 0 atom stereocenters. The molecule has 84 valence electrons. The fourth-order valence-electron chi connectivity index (χ4n) is 1.18. The predicted octanol–water partition coefficient (Wildman–Crippen LogP) is 2.39. The van der Waals surface area contributed by atoms with Gasteiger partial charge in [0.1, 0.15) is 0 Å². The molecule has 0 aliphatic heterocycles. The maximum atomic E-state index is 11.2. The summed E-state index contributed by atoms with van der Waals surface area (Å²) in [6, 6.07) is 0.